The first kappa shape index (κ1) is 33.2. The summed E-state index contributed by atoms with van der Waals surface area (Å²) in [6, 6.07) is 70.2. The molecule has 0 amide bonds. The van der Waals surface area contributed by atoms with Gasteiger partial charge in [-0.15, -0.1) is 0 Å². The van der Waals surface area contributed by atoms with E-state index in [2.05, 4.69) is 208 Å². The number of benzene rings is 9. The topological polar surface area (TPSA) is 25.8 Å². The van der Waals surface area contributed by atoms with Crippen molar-refractivity contribution in [2.24, 2.45) is 0 Å². The van der Waals surface area contributed by atoms with Crippen molar-refractivity contribution in [3.05, 3.63) is 205 Å². The zero-order valence-electron chi connectivity index (χ0n) is 31.9. The summed E-state index contributed by atoms with van der Waals surface area (Å²) in [6.07, 6.45) is 0. The zero-order valence-corrected chi connectivity index (χ0v) is 31.9. The highest BCUT2D eigenvalue weighted by Crippen LogP contribution is 2.49. The van der Waals surface area contributed by atoms with Crippen molar-refractivity contribution < 1.29 is 0 Å². The fourth-order valence-electron chi connectivity index (χ4n) is 9.13. The highest BCUT2D eigenvalue weighted by atomic mass is 14.9. The zero-order chi connectivity index (χ0) is 38.1. The maximum atomic E-state index is 5.43. The Kier molecular flexibility index (Phi) is 7.55. The lowest BCUT2D eigenvalue weighted by Gasteiger charge is -2.22. The Morgan fingerprint density at radius 2 is 0.947 bits per heavy atom. The number of hydrogen-bond donors (Lipinski definition) is 0. The average molecular weight is 727 g/mol. The Hall–Kier alpha value is -7.16. The second-order valence-corrected chi connectivity index (χ2v) is 15.8. The van der Waals surface area contributed by atoms with Crippen molar-refractivity contribution in [2.45, 2.75) is 19.3 Å². The highest BCUT2D eigenvalue weighted by molar-refractivity contribution is 6.19. The molecule has 0 saturated heterocycles. The van der Waals surface area contributed by atoms with Gasteiger partial charge in [0, 0.05) is 22.1 Å². The molecule has 2 nitrogen and oxygen atoms in total. The minimum atomic E-state index is -0.0708. The van der Waals surface area contributed by atoms with Gasteiger partial charge in [-0.3, -0.25) is 0 Å². The lowest BCUT2D eigenvalue weighted by atomic mass is 9.81. The summed E-state index contributed by atoms with van der Waals surface area (Å²) >= 11 is 0. The summed E-state index contributed by atoms with van der Waals surface area (Å²) in [5, 5.41) is 7.22. The molecule has 0 bridgehead atoms. The van der Waals surface area contributed by atoms with E-state index in [1.165, 1.54) is 65.7 Å². The van der Waals surface area contributed by atoms with Gasteiger partial charge in [-0.05, 0) is 101 Å². The summed E-state index contributed by atoms with van der Waals surface area (Å²) in [4.78, 5) is 10.8. The van der Waals surface area contributed by atoms with E-state index in [9.17, 15) is 0 Å². The molecule has 2 heteroatoms. The highest BCUT2D eigenvalue weighted by Gasteiger charge is 2.35. The summed E-state index contributed by atoms with van der Waals surface area (Å²) in [6.45, 7) is 4.68. The second kappa shape index (κ2) is 13.0. The van der Waals surface area contributed by atoms with E-state index in [1.807, 2.05) is 0 Å². The van der Waals surface area contributed by atoms with Gasteiger partial charge in [-0.1, -0.05) is 184 Å². The summed E-state index contributed by atoms with van der Waals surface area (Å²) in [5.74, 6) is 0.700. The molecule has 9 aromatic carbocycles. The van der Waals surface area contributed by atoms with Gasteiger partial charge in [0.05, 0.1) is 11.4 Å². The van der Waals surface area contributed by atoms with Crippen LogP contribution in [-0.4, -0.2) is 9.97 Å². The number of fused-ring (bicyclic) bond motifs is 7. The monoisotopic (exact) mass is 726 g/mol. The van der Waals surface area contributed by atoms with Crippen molar-refractivity contribution >= 4 is 32.3 Å². The van der Waals surface area contributed by atoms with E-state index < -0.39 is 0 Å². The van der Waals surface area contributed by atoms with Crippen molar-refractivity contribution in [1.29, 1.82) is 0 Å². The van der Waals surface area contributed by atoms with Crippen LogP contribution in [0.2, 0.25) is 0 Å². The van der Waals surface area contributed by atoms with Crippen molar-refractivity contribution in [2.75, 3.05) is 0 Å². The molecular formula is C55H38N2. The molecule has 268 valence electrons. The largest absolute Gasteiger partial charge is 0.228 e. The Morgan fingerprint density at radius 1 is 0.333 bits per heavy atom. The third-order valence-electron chi connectivity index (χ3n) is 12.1. The third kappa shape index (κ3) is 5.48. The summed E-state index contributed by atoms with van der Waals surface area (Å²) < 4.78 is 0. The van der Waals surface area contributed by atoms with Crippen molar-refractivity contribution in [3.63, 3.8) is 0 Å². The average Bonchev–Trinajstić information content (AvgIpc) is 3.51. The number of aromatic nitrogens is 2. The smallest absolute Gasteiger partial charge is 0.160 e. The van der Waals surface area contributed by atoms with Crippen LogP contribution < -0.4 is 0 Å². The molecule has 57 heavy (non-hydrogen) atoms. The Balaban J connectivity index is 1.11. The minimum absolute atomic E-state index is 0.0708. The third-order valence-corrected chi connectivity index (χ3v) is 12.1. The fraction of sp³-hybridized carbons (Fsp3) is 0.0545. The number of hydrogen-bond acceptors (Lipinski definition) is 2. The van der Waals surface area contributed by atoms with Gasteiger partial charge in [0.2, 0.25) is 0 Å². The minimum Gasteiger partial charge on any atom is -0.228 e. The molecule has 0 spiro atoms. The van der Waals surface area contributed by atoms with Gasteiger partial charge in [0.25, 0.3) is 0 Å². The molecule has 0 radical (unpaired) electrons. The van der Waals surface area contributed by atoms with E-state index in [1.54, 1.807) is 0 Å². The molecule has 1 aliphatic carbocycles. The molecule has 11 rings (SSSR count). The van der Waals surface area contributed by atoms with Crippen LogP contribution in [0.25, 0.3) is 99.6 Å². The molecule has 0 fully saturated rings. The Morgan fingerprint density at radius 3 is 1.81 bits per heavy atom. The normalized spacial score (nSPS) is 12.9. The predicted molar refractivity (Wildman–Crippen MR) is 239 cm³/mol. The lowest BCUT2D eigenvalue weighted by molar-refractivity contribution is 0.660. The van der Waals surface area contributed by atoms with Crippen LogP contribution in [0.3, 0.4) is 0 Å². The van der Waals surface area contributed by atoms with Gasteiger partial charge < -0.3 is 0 Å². The fourth-order valence-corrected chi connectivity index (χ4v) is 9.13. The van der Waals surface area contributed by atoms with Gasteiger partial charge in [-0.2, -0.15) is 0 Å². The number of nitrogens with zero attached hydrogens (tertiary/aromatic N) is 2. The van der Waals surface area contributed by atoms with Gasteiger partial charge in [0.15, 0.2) is 5.82 Å². The summed E-state index contributed by atoms with van der Waals surface area (Å²) in [5.41, 5.74) is 15.0. The van der Waals surface area contributed by atoms with Gasteiger partial charge in [0.1, 0.15) is 0 Å². The SMILES string of the molecule is CC1(C)c2ccccc2-c2ccc(-c3cccc(-c4cc(-c5c6ccccc6cc6c5ccc5ccccc56)nc(-c5ccc(-c6ccccc6)cc5)n4)c3)cc21. The molecule has 1 aliphatic rings. The van der Waals surface area contributed by atoms with E-state index in [0.29, 0.717) is 5.82 Å². The van der Waals surface area contributed by atoms with Crippen LogP contribution in [0.4, 0.5) is 0 Å². The molecule has 1 aromatic heterocycles. The maximum absolute atomic E-state index is 5.43. The van der Waals surface area contributed by atoms with E-state index in [0.717, 1.165) is 39.2 Å². The van der Waals surface area contributed by atoms with Gasteiger partial charge >= 0.3 is 0 Å². The first-order valence-electron chi connectivity index (χ1n) is 19.7. The molecule has 0 unspecified atom stereocenters. The van der Waals surface area contributed by atoms with Crippen LogP contribution in [0, 0.1) is 0 Å². The van der Waals surface area contributed by atoms with E-state index in [4.69, 9.17) is 9.97 Å². The molecule has 0 aliphatic heterocycles. The summed E-state index contributed by atoms with van der Waals surface area (Å²) in [7, 11) is 0. The van der Waals surface area contributed by atoms with Gasteiger partial charge in [-0.25, -0.2) is 9.97 Å². The number of rotatable bonds is 5. The Labute approximate surface area is 332 Å². The predicted octanol–water partition coefficient (Wildman–Crippen LogP) is 14.6. The van der Waals surface area contributed by atoms with Crippen LogP contribution >= 0.6 is 0 Å². The maximum Gasteiger partial charge on any atom is 0.160 e. The lowest BCUT2D eigenvalue weighted by Crippen LogP contribution is -2.14. The Bertz CT molecular complexity index is 3190. The molecule has 0 atom stereocenters. The van der Waals surface area contributed by atoms with Crippen LogP contribution in [-0.2, 0) is 5.41 Å². The molecule has 10 aromatic rings. The first-order valence-corrected chi connectivity index (χ1v) is 19.7. The second-order valence-electron chi connectivity index (χ2n) is 15.8. The molecular weight excluding hydrogens is 689 g/mol. The molecule has 0 N–H and O–H groups in total. The first-order chi connectivity index (χ1) is 28.0. The van der Waals surface area contributed by atoms with Crippen LogP contribution in [0.15, 0.2) is 194 Å². The van der Waals surface area contributed by atoms with E-state index >= 15 is 0 Å². The standard InChI is InChI=1S/C55H38N2/c1-55(2)49-22-11-10-21-45(49)46-29-28-40(33-50(46)55)39-17-12-18-42(31-39)51-34-52(57-54(56-51)38-25-23-36(24-26-38)35-13-4-3-5-14-35)53-44-20-9-7-16-41(44)32-48-43-19-8-6-15-37(43)27-30-47(48)53/h3-34H,1-2H3. The van der Waals surface area contributed by atoms with Crippen molar-refractivity contribution in [3.8, 4) is 67.3 Å². The molecule has 1 heterocycles. The quantitative estimate of drug-likeness (QED) is 0.130. The van der Waals surface area contributed by atoms with Crippen molar-refractivity contribution in [1.82, 2.24) is 9.97 Å². The van der Waals surface area contributed by atoms with Crippen LogP contribution in [0.1, 0.15) is 25.0 Å². The van der Waals surface area contributed by atoms with Crippen LogP contribution in [0.5, 0.6) is 0 Å². The van der Waals surface area contributed by atoms with E-state index in [-0.39, 0.29) is 5.41 Å². The molecule has 0 saturated carbocycles.